The highest BCUT2D eigenvalue weighted by atomic mass is 16.6. The summed E-state index contributed by atoms with van der Waals surface area (Å²) >= 11 is 0. The van der Waals surface area contributed by atoms with Crippen molar-refractivity contribution in [1.29, 1.82) is 0 Å². The molecule has 34 heavy (non-hydrogen) atoms. The van der Waals surface area contributed by atoms with Gasteiger partial charge >= 0.3 is 11.9 Å². The van der Waals surface area contributed by atoms with E-state index < -0.39 is 24.3 Å². The Kier molecular flexibility index (Phi) is 12.3. The fourth-order valence-corrected chi connectivity index (χ4v) is 3.98. The highest BCUT2D eigenvalue weighted by molar-refractivity contribution is 5.72. The maximum absolute atomic E-state index is 12.4. The van der Waals surface area contributed by atoms with Crippen LogP contribution in [0.25, 0.3) is 0 Å². The molecule has 190 valence electrons. The molecule has 7 heteroatoms. The molecule has 2 rings (SSSR count). The molecular weight excluding hydrogens is 436 g/mol. The Balaban J connectivity index is 2.05. The van der Waals surface area contributed by atoms with E-state index in [1.54, 1.807) is 24.3 Å². The van der Waals surface area contributed by atoms with Gasteiger partial charge in [0.2, 0.25) is 0 Å². The van der Waals surface area contributed by atoms with Gasteiger partial charge in [0.25, 0.3) is 0 Å². The molecule has 7 nitrogen and oxygen atoms in total. The summed E-state index contributed by atoms with van der Waals surface area (Å²) in [5.41, 5.74) is 2.14. The molecule has 0 fully saturated rings. The van der Waals surface area contributed by atoms with Crippen molar-refractivity contribution in [3.63, 3.8) is 0 Å². The normalized spacial score (nSPS) is 30.1. The number of aliphatic hydroxyl groups excluding tert-OH is 2. The largest absolute Gasteiger partial charge is 0.466 e. The quantitative estimate of drug-likeness (QED) is 0.470. The van der Waals surface area contributed by atoms with Crippen molar-refractivity contribution in [3.8, 4) is 0 Å². The number of hydrogen-bond donors (Lipinski definition) is 2. The summed E-state index contributed by atoms with van der Waals surface area (Å²) in [6.45, 7) is 9.00. The molecule has 2 N–H and O–H groups in total. The summed E-state index contributed by atoms with van der Waals surface area (Å²) in [4.78, 5) is 24.3. The highest BCUT2D eigenvalue weighted by Gasteiger charge is 2.22. The van der Waals surface area contributed by atoms with Crippen molar-refractivity contribution in [2.45, 2.75) is 89.6 Å². The lowest BCUT2D eigenvalue weighted by atomic mass is 9.95. The van der Waals surface area contributed by atoms with E-state index in [4.69, 9.17) is 14.2 Å². The van der Waals surface area contributed by atoms with Crippen molar-refractivity contribution < 1.29 is 34.0 Å². The topological polar surface area (TPSA) is 102 Å². The van der Waals surface area contributed by atoms with Gasteiger partial charge in [-0.3, -0.25) is 9.59 Å². The molecule has 0 bridgehead atoms. The van der Waals surface area contributed by atoms with Crippen molar-refractivity contribution in [2.75, 3.05) is 13.2 Å². The Morgan fingerprint density at radius 1 is 1.18 bits per heavy atom. The predicted octanol–water partition coefficient (Wildman–Crippen LogP) is 3.95. The molecule has 5 atom stereocenters. The van der Waals surface area contributed by atoms with Gasteiger partial charge in [-0.05, 0) is 44.9 Å². The van der Waals surface area contributed by atoms with Crippen LogP contribution in [0.3, 0.4) is 0 Å². The van der Waals surface area contributed by atoms with Gasteiger partial charge in [0, 0.05) is 19.3 Å². The van der Waals surface area contributed by atoms with E-state index in [0.29, 0.717) is 32.5 Å². The van der Waals surface area contributed by atoms with Gasteiger partial charge in [-0.25, -0.2) is 0 Å². The molecule has 0 aliphatic carbocycles. The van der Waals surface area contributed by atoms with E-state index in [9.17, 15) is 19.8 Å². The molecule has 2 aliphatic heterocycles. The van der Waals surface area contributed by atoms with Crippen LogP contribution >= 0.6 is 0 Å². The lowest BCUT2D eigenvalue weighted by molar-refractivity contribution is -0.153. The molecule has 0 radical (unpaired) electrons. The standard InChI is InChI=1S/C27H40O7/c1-19-13-15-33-26(30)8-5-9-27(31)34-25(7-4-6-22(28)17-21(3)16-19)24(29)11-10-23-18-20(2)12-14-32-23/h4,6,10-12,19,22-25,28-29H,3,5,7-9,13-18H2,1-2H3/t19-,22-,23-,24+,25+/m1/s1. The number of cyclic esters (lactones) is 2. The Morgan fingerprint density at radius 2 is 1.94 bits per heavy atom. The highest BCUT2D eigenvalue weighted by Crippen LogP contribution is 2.20. The van der Waals surface area contributed by atoms with Crippen LogP contribution in [0.15, 0.2) is 48.1 Å². The number of rotatable bonds is 3. The van der Waals surface area contributed by atoms with Crippen LogP contribution in [-0.4, -0.2) is 59.8 Å². The van der Waals surface area contributed by atoms with Gasteiger partial charge in [0.1, 0.15) is 12.2 Å². The first-order chi connectivity index (χ1) is 16.2. The summed E-state index contributed by atoms with van der Waals surface area (Å²) in [5.74, 6) is -0.547. The summed E-state index contributed by atoms with van der Waals surface area (Å²) in [6.07, 6.45) is 9.45. The molecule has 2 aliphatic rings. The van der Waals surface area contributed by atoms with Gasteiger partial charge in [0.05, 0.1) is 25.4 Å². The van der Waals surface area contributed by atoms with Crippen molar-refractivity contribution in [2.24, 2.45) is 5.92 Å². The van der Waals surface area contributed by atoms with E-state index in [0.717, 1.165) is 18.4 Å². The fraction of sp³-hybridized carbons (Fsp3) is 0.630. The molecule has 0 saturated heterocycles. The zero-order valence-electron chi connectivity index (χ0n) is 20.5. The van der Waals surface area contributed by atoms with Gasteiger partial charge in [-0.1, -0.05) is 55.0 Å². The molecule has 0 aromatic rings. The Bertz CT molecular complexity index is 767. The molecule has 0 aromatic heterocycles. The van der Waals surface area contributed by atoms with Gasteiger partial charge in [0.15, 0.2) is 0 Å². The number of aliphatic hydroxyl groups is 2. The number of carbonyl (C=O) groups is 2. The van der Waals surface area contributed by atoms with Crippen molar-refractivity contribution in [3.05, 3.63) is 48.1 Å². The minimum absolute atomic E-state index is 0.0559. The lowest BCUT2D eigenvalue weighted by Crippen LogP contribution is -2.30. The maximum atomic E-state index is 12.4. The molecule has 0 unspecified atom stereocenters. The third-order valence-electron chi connectivity index (χ3n) is 5.95. The van der Waals surface area contributed by atoms with E-state index in [1.165, 1.54) is 5.57 Å². The second-order valence-electron chi connectivity index (χ2n) is 9.39. The van der Waals surface area contributed by atoms with E-state index >= 15 is 0 Å². The van der Waals surface area contributed by atoms with Crippen LogP contribution < -0.4 is 0 Å². The van der Waals surface area contributed by atoms with Crippen LogP contribution in [0.4, 0.5) is 0 Å². The number of ether oxygens (including phenoxy) is 3. The molecule has 0 amide bonds. The number of carbonyl (C=O) groups excluding carboxylic acids is 2. The summed E-state index contributed by atoms with van der Waals surface area (Å²) < 4.78 is 16.4. The minimum atomic E-state index is -1.04. The van der Waals surface area contributed by atoms with Gasteiger partial charge in [-0.2, -0.15) is 0 Å². The zero-order valence-corrected chi connectivity index (χ0v) is 20.5. The summed E-state index contributed by atoms with van der Waals surface area (Å²) in [7, 11) is 0. The average Bonchev–Trinajstić information content (AvgIpc) is 2.76. The minimum Gasteiger partial charge on any atom is -0.466 e. The average molecular weight is 477 g/mol. The van der Waals surface area contributed by atoms with Crippen molar-refractivity contribution >= 4 is 11.9 Å². The van der Waals surface area contributed by atoms with E-state index in [1.807, 2.05) is 13.0 Å². The molecule has 0 aromatic carbocycles. The number of hydrogen-bond acceptors (Lipinski definition) is 7. The van der Waals surface area contributed by atoms with Crippen LogP contribution in [-0.2, 0) is 23.8 Å². The van der Waals surface area contributed by atoms with Crippen LogP contribution in [0.1, 0.15) is 65.2 Å². The van der Waals surface area contributed by atoms with Crippen LogP contribution in [0.2, 0.25) is 0 Å². The van der Waals surface area contributed by atoms with Gasteiger partial charge in [-0.15, -0.1) is 0 Å². The Hall–Kier alpha value is -2.22. The first kappa shape index (κ1) is 28.0. The van der Waals surface area contributed by atoms with Crippen molar-refractivity contribution in [1.82, 2.24) is 0 Å². The fourth-order valence-electron chi connectivity index (χ4n) is 3.98. The first-order valence-corrected chi connectivity index (χ1v) is 12.2. The summed E-state index contributed by atoms with van der Waals surface area (Å²) in [5, 5.41) is 21.1. The summed E-state index contributed by atoms with van der Waals surface area (Å²) in [6, 6.07) is 0. The second-order valence-corrected chi connectivity index (χ2v) is 9.39. The third kappa shape index (κ3) is 11.3. The Labute approximate surface area is 203 Å². The van der Waals surface area contributed by atoms with Gasteiger partial charge < -0.3 is 24.4 Å². The molecule has 0 spiro atoms. The van der Waals surface area contributed by atoms with E-state index in [2.05, 4.69) is 13.5 Å². The monoisotopic (exact) mass is 476 g/mol. The smallest absolute Gasteiger partial charge is 0.306 e. The zero-order chi connectivity index (χ0) is 24.9. The second kappa shape index (κ2) is 14.9. The molecular formula is C27H40O7. The number of esters is 2. The lowest BCUT2D eigenvalue weighted by Gasteiger charge is -2.22. The molecule has 0 saturated carbocycles. The van der Waals surface area contributed by atoms with E-state index in [-0.39, 0.29) is 37.3 Å². The van der Waals surface area contributed by atoms with Crippen LogP contribution in [0.5, 0.6) is 0 Å². The first-order valence-electron chi connectivity index (χ1n) is 12.2. The predicted molar refractivity (Wildman–Crippen MR) is 130 cm³/mol. The maximum Gasteiger partial charge on any atom is 0.306 e. The SMILES string of the molecule is C=C1C[C@H](C)CCOC(=O)CCCC(=O)O[C@H]([C@@H](O)C=C[C@@H]2CC(C)=CCO2)CC=C[C@@H](O)C1. The molecule has 2 heterocycles. The Morgan fingerprint density at radius 3 is 2.71 bits per heavy atom. The van der Waals surface area contributed by atoms with Crippen LogP contribution in [0, 0.1) is 5.92 Å². The third-order valence-corrected chi connectivity index (χ3v) is 5.95.